The molecule has 0 radical (unpaired) electrons. The minimum Gasteiger partial charge on any atom is -0.481 e. The van der Waals surface area contributed by atoms with Crippen LogP contribution in [-0.2, 0) is 9.59 Å². The van der Waals surface area contributed by atoms with Crippen LogP contribution in [0.1, 0.15) is 30.7 Å². The number of carboxylic acid groups (broad SMARTS) is 1. The van der Waals surface area contributed by atoms with E-state index in [2.05, 4.69) is 28.1 Å². The van der Waals surface area contributed by atoms with Crippen LogP contribution in [-0.4, -0.2) is 35.0 Å². The van der Waals surface area contributed by atoms with Gasteiger partial charge in [-0.1, -0.05) is 28.1 Å². The number of likely N-dealkylation sites (tertiary alicyclic amines) is 1. The van der Waals surface area contributed by atoms with Gasteiger partial charge in [0.15, 0.2) is 0 Å². The van der Waals surface area contributed by atoms with Crippen molar-refractivity contribution in [2.24, 2.45) is 11.8 Å². The molecule has 21 heavy (non-hydrogen) atoms. The molecule has 1 aliphatic carbocycles. The van der Waals surface area contributed by atoms with E-state index >= 15 is 0 Å². The van der Waals surface area contributed by atoms with Gasteiger partial charge in [-0.05, 0) is 42.9 Å². The predicted octanol–water partition coefficient (Wildman–Crippen LogP) is 2.88. The molecule has 2 fully saturated rings. The summed E-state index contributed by atoms with van der Waals surface area (Å²) in [4.78, 5) is 25.4. The lowest BCUT2D eigenvalue weighted by Crippen LogP contribution is -2.43. The van der Waals surface area contributed by atoms with Gasteiger partial charge in [-0.25, -0.2) is 0 Å². The van der Waals surface area contributed by atoms with Crippen molar-refractivity contribution in [2.45, 2.75) is 25.2 Å². The normalized spacial score (nSPS) is 28.2. The Hall–Kier alpha value is -1.36. The minimum atomic E-state index is -0.785. The van der Waals surface area contributed by atoms with Crippen molar-refractivity contribution in [3.63, 3.8) is 0 Å². The van der Waals surface area contributed by atoms with Gasteiger partial charge in [0.2, 0.25) is 5.91 Å². The molecule has 1 aromatic rings. The van der Waals surface area contributed by atoms with Crippen molar-refractivity contribution in [2.75, 3.05) is 13.1 Å². The fourth-order valence-electron chi connectivity index (χ4n) is 3.19. The molecule has 2 aliphatic rings. The minimum absolute atomic E-state index is 0.0341. The Kier molecular flexibility index (Phi) is 4.02. The molecule has 4 nitrogen and oxygen atoms in total. The zero-order valence-corrected chi connectivity index (χ0v) is 13.3. The van der Waals surface area contributed by atoms with Crippen LogP contribution in [0.15, 0.2) is 28.7 Å². The molecule has 1 aliphatic heterocycles. The van der Waals surface area contributed by atoms with Crippen LogP contribution in [0, 0.1) is 11.8 Å². The number of hydrogen-bond acceptors (Lipinski definition) is 2. The molecule has 3 atom stereocenters. The number of benzene rings is 1. The van der Waals surface area contributed by atoms with E-state index in [4.69, 9.17) is 5.11 Å². The van der Waals surface area contributed by atoms with Crippen LogP contribution in [0.2, 0.25) is 0 Å². The quantitative estimate of drug-likeness (QED) is 0.910. The highest BCUT2D eigenvalue weighted by Crippen LogP contribution is 2.49. The summed E-state index contributed by atoms with van der Waals surface area (Å²) in [5, 5.41) is 9.11. The molecule has 1 saturated carbocycles. The number of carbonyl (C=O) groups is 2. The smallest absolute Gasteiger partial charge is 0.308 e. The van der Waals surface area contributed by atoms with E-state index in [0.717, 1.165) is 17.3 Å². The second-order valence-corrected chi connectivity index (χ2v) is 6.88. The highest BCUT2D eigenvalue weighted by molar-refractivity contribution is 9.10. The molecule has 5 heteroatoms. The maximum absolute atomic E-state index is 12.5. The molecular formula is C16H18BrNO3. The summed E-state index contributed by atoms with van der Waals surface area (Å²) in [5.41, 5.74) is 1.19. The number of aliphatic carboxylic acids is 1. The van der Waals surface area contributed by atoms with Gasteiger partial charge >= 0.3 is 5.97 Å². The van der Waals surface area contributed by atoms with E-state index < -0.39 is 11.9 Å². The number of amides is 1. The number of hydrogen-bond donors (Lipinski definition) is 1. The van der Waals surface area contributed by atoms with Crippen molar-refractivity contribution in [1.29, 1.82) is 0 Å². The number of carboxylic acids is 1. The third-order valence-electron chi connectivity index (χ3n) is 4.47. The Labute approximate surface area is 132 Å². The van der Waals surface area contributed by atoms with Crippen LogP contribution in [0.4, 0.5) is 0 Å². The summed E-state index contributed by atoms with van der Waals surface area (Å²) in [6.45, 7) is 1.07. The number of piperidine rings is 1. The predicted molar refractivity (Wildman–Crippen MR) is 81.9 cm³/mol. The van der Waals surface area contributed by atoms with Gasteiger partial charge in [-0.15, -0.1) is 0 Å². The fourth-order valence-corrected chi connectivity index (χ4v) is 3.60. The number of nitrogens with zero attached hydrogens (tertiary/aromatic N) is 1. The highest BCUT2D eigenvalue weighted by atomic mass is 79.9. The van der Waals surface area contributed by atoms with E-state index in [0.29, 0.717) is 25.4 Å². The Balaban J connectivity index is 1.63. The molecule has 0 bridgehead atoms. The molecular weight excluding hydrogens is 334 g/mol. The first-order valence-electron chi connectivity index (χ1n) is 7.33. The van der Waals surface area contributed by atoms with E-state index in [1.807, 2.05) is 12.1 Å². The van der Waals surface area contributed by atoms with E-state index in [1.165, 1.54) is 5.56 Å². The summed E-state index contributed by atoms with van der Waals surface area (Å²) < 4.78 is 1.03. The number of carbonyl (C=O) groups excluding carboxylic acids is 1. The number of halogens is 1. The van der Waals surface area contributed by atoms with Gasteiger partial charge in [0.05, 0.1) is 5.92 Å². The summed E-state index contributed by atoms with van der Waals surface area (Å²) in [5.74, 6) is -0.726. The summed E-state index contributed by atoms with van der Waals surface area (Å²) in [6.07, 6.45) is 2.35. The zero-order valence-electron chi connectivity index (χ0n) is 11.7. The second-order valence-electron chi connectivity index (χ2n) is 5.97. The molecule has 1 aromatic carbocycles. The molecule has 1 heterocycles. The fraction of sp³-hybridized carbons (Fsp3) is 0.500. The van der Waals surface area contributed by atoms with Crippen molar-refractivity contribution < 1.29 is 14.7 Å². The van der Waals surface area contributed by atoms with Crippen LogP contribution >= 0.6 is 15.9 Å². The highest BCUT2D eigenvalue weighted by Gasteiger charge is 2.46. The topological polar surface area (TPSA) is 57.6 Å². The molecule has 3 unspecified atom stereocenters. The van der Waals surface area contributed by atoms with Gasteiger partial charge in [-0.2, -0.15) is 0 Å². The van der Waals surface area contributed by atoms with Gasteiger partial charge in [0.25, 0.3) is 0 Å². The third kappa shape index (κ3) is 3.12. The zero-order chi connectivity index (χ0) is 15.0. The van der Waals surface area contributed by atoms with Crippen LogP contribution < -0.4 is 0 Å². The molecule has 1 N–H and O–H groups in total. The molecule has 3 rings (SSSR count). The Morgan fingerprint density at radius 2 is 2.14 bits per heavy atom. The lowest BCUT2D eigenvalue weighted by molar-refractivity contribution is -0.146. The molecule has 1 amide bonds. The third-order valence-corrected chi connectivity index (χ3v) is 4.96. The van der Waals surface area contributed by atoms with E-state index in [-0.39, 0.29) is 11.8 Å². The van der Waals surface area contributed by atoms with Crippen LogP contribution in [0.25, 0.3) is 0 Å². The van der Waals surface area contributed by atoms with Gasteiger partial charge in [0, 0.05) is 23.5 Å². The van der Waals surface area contributed by atoms with Crippen molar-refractivity contribution in [1.82, 2.24) is 4.90 Å². The van der Waals surface area contributed by atoms with Crippen molar-refractivity contribution in [3.8, 4) is 0 Å². The first kappa shape index (κ1) is 14.6. The first-order valence-corrected chi connectivity index (χ1v) is 8.12. The van der Waals surface area contributed by atoms with Gasteiger partial charge in [-0.3, -0.25) is 9.59 Å². The standard InChI is InChI=1S/C16H18BrNO3/c17-12-5-1-3-10(7-12)13-8-14(13)15(19)18-6-2-4-11(9-18)16(20)21/h1,3,5,7,11,13-14H,2,4,6,8-9H2,(H,20,21). The lowest BCUT2D eigenvalue weighted by atomic mass is 9.97. The molecule has 112 valence electrons. The maximum Gasteiger partial charge on any atom is 0.308 e. The SMILES string of the molecule is O=C(O)C1CCCN(C(=O)C2CC2c2cccc(Br)c2)C1. The Bertz CT molecular complexity index is 574. The summed E-state index contributed by atoms with van der Waals surface area (Å²) >= 11 is 3.45. The maximum atomic E-state index is 12.5. The van der Waals surface area contributed by atoms with E-state index in [1.54, 1.807) is 4.90 Å². The van der Waals surface area contributed by atoms with Crippen LogP contribution in [0.5, 0.6) is 0 Å². The second kappa shape index (κ2) is 5.79. The van der Waals surface area contributed by atoms with Gasteiger partial charge < -0.3 is 10.0 Å². The van der Waals surface area contributed by atoms with Crippen molar-refractivity contribution >= 4 is 27.8 Å². The molecule has 0 spiro atoms. The Morgan fingerprint density at radius 3 is 2.86 bits per heavy atom. The summed E-state index contributed by atoms with van der Waals surface area (Å²) in [7, 11) is 0. The average Bonchev–Trinajstić information content (AvgIpc) is 3.27. The van der Waals surface area contributed by atoms with E-state index in [9.17, 15) is 9.59 Å². The van der Waals surface area contributed by atoms with Crippen molar-refractivity contribution in [3.05, 3.63) is 34.3 Å². The van der Waals surface area contributed by atoms with Crippen LogP contribution in [0.3, 0.4) is 0 Å². The summed E-state index contributed by atoms with van der Waals surface area (Å²) in [6, 6.07) is 8.08. The number of rotatable bonds is 3. The lowest BCUT2D eigenvalue weighted by Gasteiger charge is -2.31. The molecule has 0 aromatic heterocycles. The monoisotopic (exact) mass is 351 g/mol. The first-order chi connectivity index (χ1) is 10.1. The largest absolute Gasteiger partial charge is 0.481 e. The van der Waals surface area contributed by atoms with Gasteiger partial charge in [0.1, 0.15) is 0 Å². The average molecular weight is 352 g/mol. The Morgan fingerprint density at radius 1 is 1.33 bits per heavy atom. The molecule has 1 saturated heterocycles.